The number of benzene rings is 2. The van der Waals surface area contributed by atoms with Crippen molar-refractivity contribution in [2.75, 3.05) is 6.54 Å². The molecule has 120 valence electrons. The van der Waals surface area contributed by atoms with Crippen molar-refractivity contribution in [2.24, 2.45) is 11.7 Å². The molecule has 0 saturated carbocycles. The van der Waals surface area contributed by atoms with Crippen LogP contribution in [0.5, 0.6) is 0 Å². The van der Waals surface area contributed by atoms with E-state index >= 15 is 0 Å². The Balaban J connectivity index is 1.96. The van der Waals surface area contributed by atoms with Crippen molar-refractivity contribution in [1.82, 2.24) is 4.90 Å². The number of carbonyl (C=O) groups excluding carboxylic acids is 1. The Hall–Kier alpha value is -1.55. The summed E-state index contributed by atoms with van der Waals surface area (Å²) in [7, 11) is 0. The van der Waals surface area contributed by atoms with Crippen LogP contribution in [0.4, 0.5) is 0 Å². The van der Waals surface area contributed by atoms with Crippen LogP contribution < -0.4 is 5.73 Å². The van der Waals surface area contributed by atoms with Crippen molar-refractivity contribution in [1.29, 1.82) is 0 Å². The van der Waals surface area contributed by atoms with Gasteiger partial charge in [-0.25, -0.2) is 0 Å². The van der Waals surface area contributed by atoms with E-state index in [0.29, 0.717) is 16.6 Å². The molecule has 1 fully saturated rings. The van der Waals surface area contributed by atoms with Crippen LogP contribution in [0.2, 0.25) is 10.0 Å². The third-order valence-corrected chi connectivity index (χ3v) is 5.09. The maximum absolute atomic E-state index is 11.5. The first-order valence-electron chi connectivity index (χ1n) is 7.53. The summed E-state index contributed by atoms with van der Waals surface area (Å²) in [6, 6.07) is 15.8. The Morgan fingerprint density at radius 1 is 1.04 bits per heavy atom. The summed E-state index contributed by atoms with van der Waals surface area (Å²) >= 11 is 12.0. The summed E-state index contributed by atoms with van der Waals surface area (Å²) in [4.78, 5) is 13.8. The van der Waals surface area contributed by atoms with E-state index in [1.807, 2.05) is 55.5 Å². The van der Waals surface area contributed by atoms with Crippen LogP contribution >= 0.6 is 23.2 Å². The highest BCUT2D eigenvalue weighted by atomic mass is 35.5. The van der Waals surface area contributed by atoms with Gasteiger partial charge in [0.15, 0.2) is 0 Å². The first-order valence-corrected chi connectivity index (χ1v) is 8.29. The fourth-order valence-corrected chi connectivity index (χ4v) is 3.42. The molecule has 2 atom stereocenters. The molecule has 3 rings (SSSR count). The lowest BCUT2D eigenvalue weighted by Crippen LogP contribution is -2.60. The van der Waals surface area contributed by atoms with Gasteiger partial charge in [0, 0.05) is 22.6 Å². The summed E-state index contributed by atoms with van der Waals surface area (Å²) < 4.78 is 0. The van der Waals surface area contributed by atoms with Gasteiger partial charge in [-0.3, -0.25) is 9.69 Å². The lowest BCUT2D eigenvalue weighted by atomic mass is 9.84. The molecule has 0 bridgehead atoms. The topological polar surface area (TPSA) is 46.3 Å². The zero-order valence-corrected chi connectivity index (χ0v) is 14.3. The summed E-state index contributed by atoms with van der Waals surface area (Å²) in [6.07, 6.45) is 0. The van der Waals surface area contributed by atoms with E-state index in [-0.39, 0.29) is 23.9 Å². The number of hydrogen-bond donors (Lipinski definition) is 1. The highest BCUT2D eigenvalue weighted by Crippen LogP contribution is 2.38. The van der Waals surface area contributed by atoms with E-state index in [4.69, 9.17) is 28.9 Å². The lowest BCUT2D eigenvalue weighted by Gasteiger charge is -2.49. The molecule has 23 heavy (non-hydrogen) atoms. The summed E-state index contributed by atoms with van der Waals surface area (Å²) in [5.74, 6) is -0.336. The van der Waals surface area contributed by atoms with Gasteiger partial charge in [-0.05, 0) is 42.3 Å². The van der Waals surface area contributed by atoms with Crippen molar-refractivity contribution in [2.45, 2.75) is 19.0 Å². The van der Waals surface area contributed by atoms with Crippen LogP contribution in [0.3, 0.4) is 0 Å². The van der Waals surface area contributed by atoms with E-state index in [1.165, 1.54) is 0 Å². The molecular weight excluding hydrogens is 331 g/mol. The second kappa shape index (κ2) is 6.52. The number of carbonyl (C=O) groups is 1. The van der Waals surface area contributed by atoms with Crippen molar-refractivity contribution in [3.8, 4) is 0 Å². The Kier molecular flexibility index (Phi) is 4.62. The van der Waals surface area contributed by atoms with Gasteiger partial charge in [-0.2, -0.15) is 0 Å². The Labute approximate surface area is 146 Å². The predicted molar refractivity (Wildman–Crippen MR) is 93.6 cm³/mol. The van der Waals surface area contributed by atoms with Gasteiger partial charge in [-0.1, -0.05) is 47.5 Å². The monoisotopic (exact) mass is 348 g/mol. The highest BCUT2D eigenvalue weighted by molar-refractivity contribution is 6.30. The molecule has 0 radical (unpaired) electrons. The second-order valence-corrected chi connectivity index (χ2v) is 6.82. The molecule has 0 unspecified atom stereocenters. The first-order chi connectivity index (χ1) is 11.0. The van der Waals surface area contributed by atoms with Crippen LogP contribution in [0.1, 0.15) is 24.1 Å². The molecule has 0 aromatic heterocycles. The zero-order chi connectivity index (χ0) is 16.6. The molecule has 0 aliphatic carbocycles. The van der Waals surface area contributed by atoms with Crippen LogP contribution in [-0.2, 0) is 4.79 Å². The molecule has 1 heterocycles. The fourth-order valence-electron chi connectivity index (χ4n) is 3.17. The van der Waals surface area contributed by atoms with Crippen LogP contribution in [0, 0.1) is 5.92 Å². The molecule has 5 heteroatoms. The smallest absolute Gasteiger partial charge is 0.223 e. The standard InChI is InChI=1S/C18H18Cl2N2O/c1-11-16(18(21)23)10-22(11)17(12-2-6-14(19)7-3-12)13-4-8-15(20)9-5-13/h2-9,11,16-17H,10H2,1H3,(H2,21,23)/t11-,16+/m1/s1. The number of likely N-dealkylation sites (tertiary alicyclic amines) is 1. The van der Waals surface area contributed by atoms with Gasteiger partial charge in [0.2, 0.25) is 5.91 Å². The maximum atomic E-state index is 11.5. The quantitative estimate of drug-likeness (QED) is 0.910. The van der Waals surface area contributed by atoms with E-state index < -0.39 is 0 Å². The fraction of sp³-hybridized carbons (Fsp3) is 0.278. The largest absolute Gasteiger partial charge is 0.369 e. The molecule has 2 aromatic rings. The molecular formula is C18H18Cl2N2O. The van der Waals surface area contributed by atoms with Gasteiger partial charge in [0.1, 0.15) is 0 Å². The Bertz CT molecular complexity index is 654. The van der Waals surface area contributed by atoms with Crippen molar-refractivity contribution >= 4 is 29.1 Å². The lowest BCUT2D eigenvalue weighted by molar-refractivity contribution is -0.132. The molecule has 1 saturated heterocycles. The van der Waals surface area contributed by atoms with Gasteiger partial charge in [0.25, 0.3) is 0 Å². The molecule has 0 spiro atoms. The van der Waals surface area contributed by atoms with Crippen molar-refractivity contribution in [3.63, 3.8) is 0 Å². The minimum atomic E-state index is -0.236. The van der Waals surface area contributed by atoms with Gasteiger partial charge < -0.3 is 5.73 Å². The Morgan fingerprint density at radius 3 is 1.83 bits per heavy atom. The average Bonchev–Trinajstić information content (AvgIpc) is 2.52. The van der Waals surface area contributed by atoms with Gasteiger partial charge in [-0.15, -0.1) is 0 Å². The second-order valence-electron chi connectivity index (χ2n) is 5.95. The molecule has 1 amide bonds. The zero-order valence-electron chi connectivity index (χ0n) is 12.7. The third-order valence-electron chi connectivity index (χ3n) is 4.58. The molecule has 3 nitrogen and oxygen atoms in total. The number of hydrogen-bond acceptors (Lipinski definition) is 2. The van der Waals surface area contributed by atoms with Crippen LogP contribution in [0.25, 0.3) is 0 Å². The van der Waals surface area contributed by atoms with E-state index in [2.05, 4.69) is 4.90 Å². The third kappa shape index (κ3) is 3.23. The average molecular weight is 349 g/mol. The summed E-state index contributed by atoms with van der Waals surface area (Å²) in [5, 5.41) is 1.41. The number of halogens is 2. The molecule has 1 aliphatic rings. The van der Waals surface area contributed by atoms with Crippen molar-refractivity contribution < 1.29 is 4.79 Å². The minimum absolute atomic E-state index is 0.0510. The van der Waals surface area contributed by atoms with E-state index in [1.54, 1.807) is 0 Å². The maximum Gasteiger partial charge on any atom is 0.223 e. The Morgan fingerprint density at radius 2 is 1.48 bits per heavy atom. The summed E-state index contributed by atoms with van der Waals surface area (Å²) in [5.41, 5.74) is 7.73. The minimum Gasteiger partial charge on any atom is -0.369 e. The van der Waals surface area contributed by atoms with Gasteiger partial charge >= 0.3 is 0 Å². The van der Waals surface area contributed by atoms with E-state index in [9.17, 15) is 4.79 Å². The number of primary amides is 1. The van der Waals surface area contributed by atoms with Crippen molar-refractivity contribution in [3.05, 3.63) is 69.7 Å². The number of nitrogens with zero attached hydrogens (tertiary/aromatic N) is 1. The SMILES string of the molecule is C[C@@H]1[C@@H](C(N)=O)CN1C(c1ccc(Cl)cc1)c1ccc(Cl)cc1. The number of rotatable bonds is 4. The van der Waals surface area contributed by atoms with E-state index in [0.717, 1.165) is 11.1 Å². The van der Waals surface area contributed by atoms with Gasteiger partial charge in [0.05, 0.1) is 12.0 Å². The predicted octanol–water partition coefficient (Wildman–Crippen LogP) is 3.89. The number of nitrogens with two attached hydrogens (primary N) is 1. The molecule has 1 aliphatic heterocycles. The first kappa shape index (κ1) is 16.3. The summed E-state index contributed by atoms with van der Waals surface area (Å²) in [6.45, 7) is 2.70. The normalized spacial score (nSPS) is 21.2. The molecule has 2 N–H and O–H groups in total. The molecule has 2 aromatic carbocycles. The van der Waals surface area contributed by atoms with Crippen LogP contribution in [0.15, 0.2) is 48.5 Å². The van der Waals surface area contributed by atoms with Crippen LogP contribution in [-0.4, -0.2) is 23.4 Å². The highest BCUT2D eigenvalue weighted by Gasteiger charge is 2.43. The number of amides is 1.